The molecule has 0 aromatic heterocycles. The number of aliphatic hydroxyl groups excluding tert-OH is 1. The van der Waals surface area contributed by atoms with Crippen molar-refractivity contribution in [2.45, 2.75) is 71.3 Å². The fourth-order valence-corrected chi connectivity index (χ4v) is 6.79. The molecule has 0 aromatic carbocycles. The van der Waals surface area contributed by atoms with Gasteiger partial charge in [0, 0.05) is 0 Å². The minimum Gasteiger partial charge on any atom is -0.393 e. The Bertz CT molecular complexity index is 427. The van der Waals surface area contributed by atoms with Gasteiger partial charge in [-0.2, -0.15) is 0 Å². The Morgan fingerprint density at radius 1 is 0.950 bits per heavy atom. The lowest BCUT2D eigenvalue weighted by molar-refractivity contribution is -0.0944. The van der Waals surface area contributed by atoms with Gasteiger partial charge in [0.05, 0.1) is 6.10 Å². The Morgan fingerprint density at radius 3 is 2.65 bits per heavy atom. The molecule has 7 atom stereocenters. The molecule has 4 aliphatic carbocycles. The van der Waals surface area contributed by atoms with E-state index in [-0.39, 0.29) is 11.5 Å². The Labute approximate surface area is 123 Å². The highest BCUT2D eigenvalue weighted by molar-refractivity contribution is 5.15. The fraction of sp³-hybridized carbons (Fsp3) is 0.895. The zero-order valence-corrected chi connectivity index (χ0v) is 13.1. The van der Waals surface area contributed by atoms with Crippen molar-refractivity contribution >= 4 is 0 Å². The monoisotopic (exact) mass is 274 g/mol. The first kappa shape index (κ1) is 13.4. The first-order valence-electron chi connectivity index (χ1n) is 8.91. The number of rotatable bonds is 0. The molecule has 0 unspecified atom stereocenters. The molecule has 0 saturated heterocycles. The van der Waals surface area contributed by atoms with Crippen molar-refractivity contribution in [2.75, 3.05) is 0 Å². The Hall–Kier alpha value is -0.300. The molecule has 0 aromatic rings. The molecule has 1 heteroatoms. The van der Waals surface area contributed by atoms with Gasteiger partial charge in [-0.25, -0.2) is 0 Å². The summed E-state index contributed by atoms with van der Waals surface area (Å²) in [6, 6.07) is 0. The third-order valence-electron chi connectivity index (χ3n) is 8.07. The Morgan fingerprint density at radius 2 is 1.80 bits per heavy atom. The summed E-state index contributed by atoms with van der Waals surface area (Å²) >= 11 is 0. The summed E-state index contributed by atoms with van der Waals surface area (Å²) in [4.78, 5) is 0. The van der Waals surface area contributed by atoms with Gasteiger partial charge in [-0.1, -0.05) is 26.0 Å². The van der Waals surface area contributed by atoms with Gasteiger partial charge in [-0.05, 0) is 85.9 Å². The summed E-state index contributed by atoms with van der Waals surface area (Å²) < 4.78 is 0. The third-order valence-corrected chi connectivity index (χ3v) is 8.07. The van der Waals surface area contributed by atoms with Crippen molar-refractivity contribution in [1.82, 2.24) is 0 Å². The largest absolute Gasteiger partial charge is 0.393 e. The Balaban J connectivity index is 1.68. The van der Waals surface area contributed by atoms with Crippen LogP contribution in [0.3, 0.4) is 0 Å². The highest BCUT2D eigenvalue weighted by Gasteiger charge is 2.58. The Kier molecular flexibility index (Phi) is 2.91. The molecule has 0 spiro atoms. The summed E-state index contributed by atoms with van der Waals surface area (Å²) in [5.74, 6) is 3.50. The predicted octanol–water partition coefficient (Wildman–Crippen LogP) is 4.56. The maximum atomic E-state index is 10.5. The topological polar surface area (TPSA) is 20.2 Å². The van der Waals surface area contributed by atoms with Crippen LogP contribution in [-0.4, -0.2) is 11.2 Å². The van der Waals surface area contributed by atoms with Crippen LogP contribution in [-0.2, 0) is 0 Å². The van der Waals surface area contributed by atoms with Gasteiger partial charge in [-0.3, -0.25) is 0 Å². The van der Waals surface area contributed by atoms with Crippen LogP contribution in [0.15, 0.2) is 12.2 Å². The number of hydrogen-bond acceptors (Lipinski definition) is 1. The summed E-state index contributed by atoms with van der Waals surface area (Å²) in [5, 5.41) is 10.5. The summed E-state index contributed by atoms with van der Waals surface area (Å²) in [7, 11) is 0. The van der Waals surface area contributed by atoms with Crippen LogP contribution in [0.4, 0.5) is 0 Å². The second kappa shape index (κ2) is 4.35. The SMILES string of the molecule is C[C@]12C=CCC[C@@H]1CC[C@@H]1[C@@H]2CC[C@]2(C)[C@H](O)CC[C@@H]12. The van der Waals surface area contributed by atoms with Crippen molar-refractivity contribution in [1.29, 1.82) is 0 Å². The van der Waals surface area contributed by atoms with Crippen LogP contribution in [0, 0.1) is 34.5 Å². The lowest BCUT2D eigenvalue weighted by atomic mass is 9.46. The molecule has 0 heterocycles. The molecule has 4 rings (SSSR count). The number of allylic oxidation sites excluding steroid dienone is 2. The quantitative estimate of drug-likeness (QED) is 0.642. The zero-order chi connectivity index (χ0) is 14.0. The van der Waals surface area contributed by atoms with Crippen molar-refractivity contribution in [3.63, 3.8) is 0 Å². The van der Waals surface area contributed by atoms with Gasteiger partial charge in [0.1, 0.15) is 0 Å². The zero-order valence-electron chi connectivity index (χ0n) is 13.1. The van der Waals surface area contributed by atoms with E-state index in [0.29, 0.717) is 5.41 Å². The second-order valence-electron chi connectivity index (χ2n) is 8.63. The molecule has 3 fully saturated rings. The normalized spacial score (nSPS) is 57.9. The minimum atomic E-state index is -0.0270. The van der Waals surface area contributed by atoms with Gasteiger partial charge < -0.3 is 5.11 Å². The van der Waals surface area contributed by atoms with Gasteiger partial charge in [0.15, 0.2) is 0 Å². The van der Waals surface area contributed by atoms with Gasteiger partial charge in [0.25, 0.3) is 0 Å². The van der Waals surface area contributed by atoms with E-state index in [4.69, 9.17) is 0 Å². The highest BCUT2D eigenvalue weighted by atomic mass is 16.3. The number of aliphatic hydroxyl groups is 1. The van der Waals surface area contributed by atoms with E-state index in [0.717, 1.165) is 30.1 Å². The average molecular weight is 274 g/mol. The molecule has 0 aliphatic heterocycles. The maximum absolute atomic E-state index is 10.5. The standard InChI is InChI=1S/C19H30O/c1-18-11-4-3-5-13(18)6-7-14-15-8-9-17(20)19(15,2)12-10-16(14)18/h4,11,13-17,20H,3,5-10,12H2,1-2H3/t13-,14+,15+,16+,17-,18+,19+/m1/s1. The van der Waals surface area contributed by atoms with Crippen molar-refractivity contribution in [3.8, 4) is 0 Å². The molecular formula is C19H30O. The van der Waals surface area contributed by atoms with Crippen LogP contribution >= 0.6 is 0 Å². The predicted molar refractivity (Wildman–Crippen MR) is 82.3 cm³/mol. The molecule has 112 valence electrons. The fourth-order valence-electron chi connectivity index (χ4n) is 6.79. The van der Waals surface area contributed by atoms with Crippen LogP contribution in [0.1, 0.15) is 65.2 Å². The first-order chi connectivity index (χ1) is 9.56. The molecule has 0 amide bonds. The van der Waals surface area contributed by atoms with Gasteiger partial charge in [0.2, 0.25) is 0 Å². The lowest BCUT2D eigenvalue weighted by Crippen LogP contribution is -2.52. The maximum Gasteiger partial charge on any atom is 0.0596 e. The molecule has 1 N–H and O–H groups in total. The van der Waals surface area contributed by atoms with Crippen molar-refractivity contribution in [2.24, 2.45) is 34.5 Å². The molecule has 0 bridgehead atoms. The summed E-state index contributed by atoms with van der Waals surface area (Å²) in [6.45, 7) is 4.94. The van der Waals surface area contributed by atoms with E-state index in [1.807, 2.05) is 0 Å². The van der Waals surface area contributed by atoms with Crippen LogP contribution < -0.4 is 0 Å². The smallest absolute Gasteiger partial charge is 0.0596 e. The van der Waals surface area contributed by atoms with Crippen molar-refractivity contribution in [3.05, 3.63) is 12.2 Å². The average Bonchev–Trinajstić information content (AvgIpc) is 2.74. The summed E-state index contributed by atoms with van der Waals surface area (Å²) in [6.07, 6.45) is 15.6. The first-order valence-corrected chi connectivity index (χ1v) is 8.91. The molecule has 0 radical (unpaired) electrons. The second-order valence-corrected chi connectivity index (χ2v) is 8.63. The van der Waals surface area contributed by atoms with E-state index in [1.165, 1.54) is 44.9 Å². The van der Waals surface area contributed by atoms with Crippen molar-refractivity contribution < 1.29 is 5.11 Å². The van der Waals surface area contributed by atoms with Crippen LogP contribution in [0.25, 0.3) is 0 Å². The summed E-state index contributed by atoms with van der Waals surface area (Å²) in [5.41, 5.74) is 0.707. The number of hydrogen-bond donors (Lipinski definition) is 1. The van der Waals surface area contributed by atoms with Crippen LogP contribution in [0.5, 0.6) is 0 Å². The lowest BCUT2D eigenvalue weighted by Gasteiger charge is -2.58. The van der Waals surface area contributed by atoms with E-state index in [2.05, 4.69) is 26.0 Å². The van der Waals surface area contributed by atoms with E-state index in [1.54, 1.807) is 0 Å². The van der Waals surface area contributed by atoms with Gasteiger partial charge in [-0.15, -0.1) is 0 Å². The number of fused-ring (bicyclic) bond motifs is 5. The molecular weight excluding hydrogens is 244 g/mol. The molecule has 20 heavy (non-hydrogen) atoms. The van der Waals surface area contributed by atoms with E-state index >= 15 is 0 Å². The van der Waals surface area contributed by atoms with E-state index in [9.17, 15) is 5.11 Å². The molecule has 1 nitrogen and oxygen atoms in total. The third kappa shape index (κ3) is 1.59. The van der Waals surface area contributed by atoms with Gasteiger partial charge >= 0.3 is 0 Å². The van der Waals surface area contributed by atoms with Crippen LogP contribution in [0.2, 0.25) is 0 Å². The van der Waals surface area contributed by atoms with E-state index < -0.39 is 0 Å². The highest BCUT2D eigenvalue weighted by Crippen LogP contribution is 2.65. The minimum absolute atomic E-state index is 0.0270. The molecule has 3 saturated carbocycles. The molecule has 4 aliphatic rings.